The maximum absolute atomic E-state index is 11.5. The fourth-order valence-corrected chi connectivity index (χ4v) is 1.47. The van der Waals surface area contributed by atoms with E-state index in [2.05, 4.69) is 21.2 Å². The fourth-order valence-electron chi connectivity index (χ4n) is 1.21. The number of methoxy groups -OCH3 is 1. The monoisotopic (exact) mass is 285 g/mol. The predicted octanol–water partition coefficient (Wildman–Crippen LogP) is 3.20. The van der Waals surface area contributed by atoms with E-state index in [4.69, 9.17) is 4.74 Å². The maximum Gasteiger partial charge on any atom is 0.224 e. The molecule has 16 heavy (non-hydrogen) atoms. The van der Waals surface area contributed by atoms with Crippen molar-refractivity contribution in [3.8, 4) is 0 Å². The number of halogens is 1. The van der Waals surface area contributed by atoms with Gasteiger partial charge >= 0.3 is 0 Å². The Morgan fingerprint density at radius 2 is 2.06 bits per heavy atom. The number of carbonyl (C=O) groups is 1. The van der Waals surface area contributed by atoms with Crippen LogP contribution in [0.3, 0.4) is 0 Å². The second-order valence-electron chi connectivity index (χ2n) is 3.64. The lowest BCUT2D eigenvalue weighted by Gasteiger charge is -2.09. The lowest BCUT2D eigenvalue weighted by Crippen LogP contribution is -2.15. The molecule has 1 rings (SSSR count). The largest absolute Gasteiger partial charge is 0.382 e. The van der Waals surface area contributed by atoms with Crippen LogP contribution in [0.15, 0.2) is 28.7 Å². The quantitative estimate of drug-likeness (QED) is 0.902. The van der Waals surface area contributed by atoms with E-state index < -0.39 is 0 Å². The fraction of sp³-hybridized carbons (Fsp3) is 0.417. The van der Waals surface area contributed by atoms with Gasteiger partial charge in [0.2, 0.25) is 5.91 Å². The number of rotatable bonds is 5. The van der Waals surface area contributed by atoms with Gasteiger partial charge in [0, 0.05) is 23.7 Å². The number of hydrogen-bond acceptors (Lipinski definition) is 2. The third-order valence-corrected chi connectivity index (χ3v) is 2.84. The summed E-state index contributed by atoms with van der Waals surface area (Å²) < 4.78 is 6.08. The average molecular weight is 286 g/mol. The summed E-state index contributed by atoms with van der Waals surface area (Å²) in [6, 6.07) is 7.52. The molecule has 0 aliphatic rings. The summed E-state index contributed by atoms with van der Waals surface area (Å²) in [5.41, 5.74) is 0.818. The van der Waals surface area contributed by atoms with Crippen molar-refractivity contribution < 1.29 is 9.53 Å². The summed E-state index contributed by atoms with van der Waals surface area (Å²) in [5, 5.41) is 2.83. The molecule has 1 aromatic carbocycles. The van der Waals surface area contributed by atoms with Gasteiger partial charge < -0.3 is 10.1 Å². The summed E-state index contributed by atoms with van der Waals surface area (Å²) >= 11 is 3.34. The summed E-state index contributed by atoms with van der Waals surface area (Å²) in [6.07, 6.45) is 1.33. The zero-order chi connectivity index (χ0) is 12.0. The van der Waals surface area contributed by atoms with E-state index in [0.29, 0.717) is 6.42 Å². The van der Waals surface area contributed by atoms with Crippen molar-refractivity contribution in [1.82, 2.24) is 0 Å². The SMILES string of the molecule is COC(C)CCC(=O)Nc1ccc(Br)cc1. The van der Waals surface area contributed by atoms with E-state index in [1.165, 1.54) is 0 Å². The van der Waals surface area contributed by atoms with Crippen molar-refractivity contribution >= 4 is 27.5 Å². The zero-order valence-electron chi connectivity index (χ0n) is 9.50. The Morgan fingerprint density at radius 3 is 2.62 bits per heavy atom. The minimum atomic E-state index is 0.0197. The van der Waals surface area contributed by atoms with E-state index in [1.54, 1.807) is 7.11 Å². The van der Waals surface area contributed by atoms with Crippen LogP contribution in [-0.4, -0.2) is 19.1 Å². The molecule has 3 nitrogen and oxygen atoms in total. The van der Waals surface area contributed by atoms with E-state index in [9.17, 15) is 4.79 Å². The van der Waals surface area contributed by atoms with Gasteiger partial charge in [-0.2, -0.15) is 0 Å². The molecule has 4 heteroatoms. The molecule has 0 saturated heterocycles. The van der Waals surface area contributed by atoms with Crippen LogP contribution in [0, 0.1) is 0 Å². The van der Waals surface area contributed by atoms with Crippen molar-refractivity contribution in [3.05, 3.63) is 28.7 Å². The summed E-state index contributed by atoms with van der Waals surface area (Å²) in [6.45, 7) is 1.95. The second-order valence-corrected chi connectivity index (χ2v) is 4.56. The molecule has 0 radical (unpaired) electrons. The van der Waals surface area contributed by atoms with Gasteiger partial charge in [0.1, 0.15) is 0 Å². The maximum atomic E-state index is 11.5. The number of carbonyl (C=O) groups excluding carboxylic acids is 1. The van der Waals surface area contributed by atoms with Gasteiger partial charge in [0.05, 0.1) is 6.10 Å². The number of nitrogens with one attached hydrogen (secondary N) is 1. The smallest absolute Gasteiger partial charge is 0.224 e. The molecule has 1 amide bonds. The van der Waals surface area contributed by atoms with Crippen LogP contribution in [0.4, 0.5) is 5.69 Å². The molecule has 1 N–H and O–H groups in total. The van der Waals surface area contributed by atoms with Gasteiger partial charge in [-0.3, -0.25) is 4.79 Å². The van der Waals surface area contributed by atoms with Crippen LogP contribution in [0.1, 0.15) is 19.8 Å². The molecular formula is C12H16BrNO2. The van der Waals surface area contributed by atoms with E-state index >= 15 is 0 Å². The number of anilines is 1. The minimum Gasteiger partial charge on any atom is -0.382 e. The highest BCUT2D eigenvalue weighted by Gasteiger charge is 2.05. The predicted molar refractivity (Wildman–Crippen MR) is 68.5 cm³/mol. The molecular weight excluding hydrogens is 270 g/mol. The van der Waals surface area contributed by atoms with Crippen molar-refractivity contribution in [3.63, 3.8) is 0 Å². The first-order valence-corrected chi connectivity index (χ1v) is 5.99. The molecule has 0 bridgehead atoms. The Labute approximate surface area is 104 Å². The Morgan fingerprint density at radius 1 is 1.44 bits per heavy atom. The Balaban J connectivity index is 2.37. The molecule has 0 aliphatic carbocycles. The number of ether oxygens (including phenoxy) is 1. The van der Waals surface area contributed by atoms with Crippen LogP contribution in [-0.2, 0) is 9.53 Å². The van der Waals surface area contributed by atoms with Gasteiger partial charge in [-0.15, -0.1) is 0 Å². The third kappa shape index (κ3) is 4.77. The molecule has 0 saturated carbocycles. The first-order chi connectivity index (χ1) is 7.61. The lowest BCUT2D eigenvalue weighted by molar-refractivity contribution is -0.116. The number of benzene rings is 1. The molecule has 1 aromatic rings. The number of amides is 1. The van der Waals surface area contributed by atoms with Gasteiger partial charge in [-0.25, -0.2) is 0 Å². The van der Waals surface area contributed by atoms with Crippen LogP contribution in [0.5, 0.6) is 0 Å². The van der Waals surface area contributed by atoms with E-state index in [1.807, 2.05) is 31.2 Å². The molecule has 0 spiro atoms. The average Bonchev–Trinajstić information content (AvgIpc) is 2.29. The van der Waals surface area contributed by atoms with Crippen LogP contribution < -0.4 is 5.32 Å². The molecule has 88 valence electrons. The van der Waals surface area contributed by atoms with E-state index in [0.717, 1.165) is 16.6 Å². The summed E-state index contributed by atoms with van der Waals surface area (Å²) in [7, 11) is 1.65. The highest BCUT2D eigenvalue weighted by molar-refractivity contribution is 9.10. The topological polar surface area (TPSA) is 38.3 Å². The molecule has 0 heterocycles. The van der Waals surface area contributed by atoms with Gasteiger partial charge in [0.25, 0.3) is 0 Å². The molecule has 0 fully saturated rings. The van der Waals surface area contributed by atoms with Crippen molar-refractivity contribution in [2.24, 2.45) is 0 Å². The summed E-state index contributed by atoms with van der Waals surface area (Å²) in [4.78, 5) is 11.5. The molecule has 0 aliphatic heterocycles. The second kappa shape index (κ2) is 6.66. The zero-order valence-corrected chi connectivity index (χ0v) is 11.1. The van der Waals surface area contributed by atoms with Crippen molar-refractivity contribution in [1.29, 1.82) is 0 Å². The van der Waals surface area contributed by atoms with Crippen LogP contribution in [0.2, 0.25) is 0 Å². The van der Waals surface area contributed by atoms with Crippen molar-refractivity contribution in [2.45, 2.75) is 25.9 Å². The molecule has 1 atom stereocenters. The first-order valence-electron chi connectivity index (χ1n) is 5.20. The van der Waals surface area contributed by atoms with Gasteiger partial charge in [-0.1, -0.05) is 15.9 Å². The highest BCUT2D eigenvalue weighted by atomic mass is 79.9. The van der Waals surface area contributed by atoms with Gasteiger partial charge in [-0.05, 0) is 37.6 Å². The first kappa shape index (κ1) is 13.2. The van der Waals surface area contributed by atoms with Crippen LogP contribution in [0.25, 0.3) is 0 Å². The molecule has 1 unspecified atom stereocenters. The number of hydrogen-bond donors (Lipinski definition) is 1. The van der Waals surface area contributed by atoms with Crippen LogP contribution >= 0.6 is 15.9 Å². The molecule has 0 aromatic heterocycles. The standard InChI is InChI=1S/C12H16BrNO2/c1-9(16-2)3-8-12(15)14-11-6-4-10(13)5-7-11/h4-7,9H,3,8H2,1-2H3,(H,14,15). The van der Waals surface area contributed by atoms with E-state index in [-0.39, 0.29) is 12.0 Å². The normalized spacial score (nSPS) is 12.2. The Hall–Kier alpha value is -0.870. The summed E-state index contributed by atoms with van der Waals surface area (Å²) in [5.74, 6) is 0.0197. The van der Waals surface area contributed by atoms with Crippen molar-refractivity contribution in [2.75, 3.05) is 12.4 Å². The minimum absolute atomic E-state index is 0.0197. The third-order valence-electron chi connectivity index (χ3n) is 2.31. The lowest BCUT2D eigenvalue weighted by atomic mass is 10.2. The van der Waals surface area contributed by atoms with Gasteiger partial charge in [0.15, 0.2) is 0 Å². The Kier molecular flexibility index (Phi) is 5.49. The Bertz CT molecular complexity index is 337. The highest BCUT2D eigenvalue weighted by Crippen LogP contribution is 2.14.